The van der Waals surface area contributed by atoms with Gasteiger partial charge in [0.05, 0.1) is 30.4 Å². The van der Waals surface area contributed by atoms with Crippen molar-refractivity contribution < 1.29 is 24.0 Å². The summed E-state index contributed by atoms with van der Waals surface area (Å²) in [6.07, 6.45) is 1.65. The van der Waals surface area contributed by atoms with E-state index in [0.717, 1.165) is 12.8 Å². The van der Waals surface area contributed by atoms with E-state index in [-0.39, 0.29) is 29.8 Å². The lowest BCUT2D eigenvalue weighted by molar-refractivity contribution is -0.384. The number of para-hydroxylation sites is 2. The summed E-state index contributed by atoms with van der Waals surface area (Å²) in [4.78, 5) is 43.5. The molecule has 11 heteroatoms. The first-order valence-electron chi connectivity index (χ1n) is 12.6. The molecule has 0 aliphatic carbocycles. The second-order valence-electron chi connectivity index (χ2n) is 9.32. The Labute approximate surface area is 226 Å². The topological polar surface area (TPSA) is 123 Å². The van der Waals surface area contributed by atoms with Crippen molar-refractivity contribution in [3.63, 3.8) is 0 Å². The molecule has 1 saturated heterocycles. The summed E-state index contributed by atoms with van der Waals surface area (Å²) in [7, 11) is 1.37. The number of non-ortho nitro benzene ring substituents is 1. The molecule has 2 atom stereocenters. The third kappa shape index (κ3) is 7.25. The van der Waals surface area contributed by atoms with Gasteiger partial charge in [0.15, 0.2) is 5.17 Å². The van der Waals surface area contributed by atoms with E-state index in [9.17, 15) is 19.7 Å². The van der Waals surface area contributed by atoms with Gasteiger partial charge in [-0.2, -0.15) is 0 Å². The highest BCUT2D eigenvalue weighted by Gasteiger charge is 2.41. The third-order valence-electron chi connectivity index (χ3n) is 5.99. The Hall–Kier alpha value is -3.60. The van der Waals surface area contributed by atoms with Gasteiger partial charge in [0.25, 0.3) is 5.69 Å². The Morgan fingerprint density at radius 2 is 1.92 bits per heavy atom. The zero-order chi connectivity index (χ0) is 27.8. The standard InChI is InChI=1S/C27H34N4O6S/c1-6-37-22-10-8-7-9-20(22)29-27-30(18(4)12-11-17(2)3)26(33)24(38-27)16-25(32)28-21-14-13-19(31(34)35)15-23(21)36-5/h7-10,13-15,17-18,24H,6,11-12,16H2,1-5H3,(H,28,32)/t18-,24+/m0/s1. The zero-order valence-corrected chi connectivity index (χ0v) is 23.1. The van der Waals surface area contributed by atoms with Crippen LogP contribution in [0.15, 0.2) is 47.5 Å². The molecule has 10 nitrogen and oxygen atoms in total. The van der Waals surface area contributed by atoms with E-state index in [4.69, 9.17) is 14.5 Å². The number of benzene rings is 2. The Kier molecular flexibility index (Phi) is 10.1. The maximum Gasteiger partial charge on any atom is 0.273 e. The summed E-state index contributed by atoms with van der Waals surface area (Å²) in [5, 5.41) is 13.6. The van der Waals surface area contributed by atoms with Gasteiger partial charge in [-0.1, -0.05) is 37.7 Å². The molecule has 1 N–H and O–H groups in total. The average Bonchev–Trinajstić information content (AvgIpc) is 3.18. The van der Waals surface area contributed by atoms with Crippen LogP contribution in [0.25, 0.3) is 0 Å². The molecule has 1 heterocycles. The van der Waals surface area contributed by atoms with Gasteiger partial charge in [0.2, 0.25) is 11.8 Å². The molecule has 0 spiro atoms. The molecule has 0 bridgehead atoms. The second-order valence-corrected chi connectivity index (χ2v) is 10.5. The number of carbonyl (C=O) groups excluding carboxylic acids is 2. The zero-order valence-electron chi connectivity index (χ0n) is 22.3. The minimum absolute atomic E-state index is 0.0941. The maximum atomic E-state index is 13.5. The quantitative estimate of drug-likeness (QED) is 0.266. The number of nitro benzene ring substituents is 1. The van der Waals surface area contributed by atoms with Gasteiger partial charge < -0.3 is 14.8 Å². The lowest BCUT2D eigenvalue weighted by atomic mass is 10.0. The predicted molar refractivity (Wildman–Crippen MR) is 149 cm³/mol. The monoisotopic (exact) mass is 542 g/mol. The smallest absolute Gasteiger partial charge is 0.273 e. The molecule has 2 aromatic rings. The van der Waals surface area contributed by atoms with Crippen LogP contribution in [0.2, 0.25) is 0 Å². The number of amides is 2. The van der Waals surface area contributed by atoms with Crippen LogP contribution in [0.4, 0.5) is 17.1 Å². The van der Waals surface area contributed by atoms with Crippen LogP contribution in [0, 0.1) is 16.0 Å². The molecule has 0 radical (unpaired) electrons. The minimum atomic E-state index is -0.668. The van der Waals surface area contributed by atoms with Crippen molar-refractivity contribution in [1.29, 1.82) is 0 Å². The molecule has 0 aromatic heterocycles. The highest BCUT2D eigenvalue weighted by atomic mass is 32.2. The normalized spacial score (nSPS) is 17.1. The van der Waals surface area contributed by atoms with Gasteiger partial charge in [0.1, 0.15) is 22.4 Å². The van der Waals surface area contributed by atoms with Crippen LogP contribution < -0.4 is 14.8 Å². The second kappa shape index (κ2) is 13.3. The van der Waals surface area contributed by atoms with Crippen LogP contribution in [-0.4, -0.2) is 51.8 Å². The van der Waals surface area contributed by atoms with E-state index in [0.29, 0.717) is 34.8 Å². The minimum Gasteiger partial charge on any atom is -0.494 e. The number of anilines is 1. The van der Waals surface area contributed by atoms with E-state index >= 15 is 0 Å². The molecule has 1 aliphatic heterocycles. The van der Waals surface area contributed by atoms with Gasteiger partial charge in [-0.05, 0) is 50.8 Å². The number of thioether (sulfide) groups is 1. The molecule has 1 fully saturated rings. The van der Waals surface area contributed by atoms with Crippen molar-refractivity contribution in [3.8, 4) is 11.5 Å². The maximum absolute atomic E-state index is 13.5. The Morgan fingerprint density at radius 1 is 1.18 bits per heavy atom. The van der Waals surface area contributed by atoms with Crippen LogP contribution in [0.1, 0.15) is 47.0 Å². The summed E-state index contributed by atoms with van der Waals surface area (Å²) < 4.78 is 10.9. The molecule has 1 aliphatic rings. The summed E-state index contributed by atoms with van der Waals surface area (Å²) in [6, 6.07) is 11.2. The van der Waals surface area contributed by atoms with Gasteiger partial charge >= 0.3 is 0 Å². The fourth-order valence-corrected chi connectivity index (χ4v) is 5.24. The first-order valence-corrected chi connectivity index (χ1v) is 13.4. The number of hydrogen-bond donors (Lipinski definition) is 1. The summed E-state index contributed by atoms with van der Waals surface area (Å²) in [6.45, 7) is 8.65. The molecular weight excluding hydrogens is 508 g/mol. The highest BCUT2D eigenvalue weighted by molar-refractivity contribution is 8.15. The van der Waals surface area contributed by atoms with Gasteiger partial charge in [-0.15, -0.1) is 0 Å². The molecule has 0 unspecified atom stereocenters. The van der Waals surface area contributed by atoms with Crippen molar-refractivity contribution in [2.24, 2.45) is 10.9 Å². The third-order valence-corrected chi connectivity index (χ3v) is 7.14. The van der Waals surface area contributed by atoms with Crippen LogP contribution in [0.3, 0.4) is 0 Å². The van der Waals surface area contributed by atoms with Crippen molar-refractivity contribution in [2.75, 3.05) is 19.0 Å². The van der Waals surface area contributed by atoms with Crippen LogP contribution in [-0.2, 0) is 9.59 Å². The lowest BCUT2D eigenvalue weighted by Gasteiger charge is -2.25. The number of hydrogen-bond acceptors (Lipinski definition) is 8. The van der Waals surface area contributed by atoms with Crippen LogP contribution in [0.5, 0.6) is 11.5 Å². The van der Waals surface area contributed by atoms with Crippen molar-refractivity contribution in [3.05, 3.63) is 52.6 Å². The fraction of sp³-hybridized carbons (Fsp3) is 0.444. The first-order chi connectivity index (χ1) is 18.1. The van der Waals surface area contributed by atoms with Crippen molar-refractivity contribution >= 4 is 45.8 Å². The Balaban J connectivity index is 1.84. The molecule has 204 valence electrons. The number of methoxy groups -OCH3 is 1. The van der Waals surface area contributed by atoms with E-state index in [1.54, 1.807) is 4.90 Å². The Bertz CT molecular complexity index is 1200. The van der Waals surface area contributed by atoms with Crippen molar-refractivity contribution in [2.45, 2.75) is 58.2 Å². The number of aliphatic imine (C=N–C) groups is 1. The first kappa shape index (κ1) is 29.0. The fourth-order valence-electron chi connectivity index (χ4n) is 4.00. The summed E-state index contributed by atoms with van der Waals surface area (Å²) in [5.41, 5.74) is 0.757. The molecular formula is C27H34N4O6S. The average molecular weight is 543 g/mol. The molecule has 0 saturated carbocycles. The molecule has 2 aromatic carbocycles. The van der Waals surface area contributed by atoms with E-state index in [1.807, 2.05) is 38.1 Å². The van der Waals surface area contributed by atoms with Gasteiger partial charge in [-0.25, -0.2) is 4.99 Å². The summed E-state index contributed by atoms with van der Waals surface area (Å²) in [5.74, 6) is 0.687. The lowest BCUT2D eigenvalue weighted by Crippen LogP contribution is -2.40. The number of nitrogens with one attached hydrogen (secondary N) is 1. The largest absolute Gasteiger partial charge is 0.494 e. The number of amidine groups is 1. The van der Waals surface area contributed by atoms with E-state index in [1.165, 1.54) is 37.1 Å². The number of nitro groups is 1. The number of ether oxygens (including phenoxy) is 2. The SMILES string of the molecule is CCOc1ccccc1N=C1S[C@H](CC(=O)Nc2ccc([N+](=O)[O-])cc2OC)C(=O)N1[C@@H](C)CCC(C)C. The van der Waals surface area contributed by atoms with Gasteiger partial charge in [-0.3, -0.25) is 24.6 Å². The predicted octanol–water partition coefficient (Wildman–Crippen LogP) is 5.79. The highest BCUT2D eigenvalue weighted by Crippen LogP contribution is 2.37. The molecule has 3 rings (SSSR count). The van der Waals surface area contributed by atoms with Gasteiger partial charge in [0, 0.05) is 18.5 Å². The Morgan fingerprint density at radius 3 is 2.58 bits per heavy atom. The van der Waals surface area contributed by atoms with Crippen molar-refractivity contribution in [1.82, 2.24) is 4.90 Å². The number of nitrogens with zero attached hydrogens (tertiary/aromatic N) is 3. The molecule has 38 heavy (non-hydrogen) atoms. The van der Waals surface area contributed by atoms with Crippen LogP contribution >= 0.6 is 11.8 Å². The number of carbonyl (C=O) groups is 2. The van der Waals surface area contributed by atoms with E-state index < -0.39 is 16.1 Å². The van der Waals surface area contributed by atoms with E-state index in [2.05, 4.69) is 19.2 Å². The number of rotatable bonds is 12. The summed E-state index contributed by atoms with van der Waals surface area (Å²) >= 11 is 1.26. The molecule has 2 amide bonds.